The molecule has 0 unspecified atom stereocenters. The second-order valence-electron chi connectivity index (χ2n) is 3.09. The van der Waals surface area contributed by atoms with Crippen LogP contribution in [0.15, 0.2) is 24.3 Å². The summed E-state index contributed by atoms with van der Waals surface area (Å²) in [7, 11) is -4.64. The Morgan fingerprint density at radius 1 is 0.857 bits per heavy atom. The number of hydrogen-bond donors (Lipinski definition) is 5. The van der Waals surface area contributed by atoms with Crippen molar-refractivity contribution in [1.82, 2.24) is 0 Å². The van der Waals surface area contributed by atoms with Gasteiger partial charge in [0.2, 0.25) is 0 Å². The maximum atomic E-state index is 12.0. The van der Waals surface area contributed by atoms with Crippen molar-refractivity contribution < 1.29 is 45.6 Å². The van der Waals surface area contributed by atoms with Gasteiger partial charge in [-0.2, -0.15) is 26.3 Å². The molecule has 0 atom stereocenters. The Balaban J connectivity index is 0. The van der Waals surface area contributed by atoms with Gasteiger partial charge in [-0.15, -0.1) is 0 Å². The third kappa shape index (κ3) is 12.3. The van der Waals surface area contributed by atoms with Crippen LogP contribution in [0.5, 0.6) is 0 Å². The molecule has 6 nitrogen and oxygen atoms in total. The van der Waals surface area contributed by atoms with Crippen molar-refractivity contribution in [2.75, 3.05) is 0 Å². The van der Waals surface area contributed by atoms with E-state index >= 15 is 0 Å². The Labute approximate surface area is 114 Å². The molecule has 124 valence electrons. The van der Waals surface area contributed by atoms with Crippen LogP contribution in [0.1, 0.15) is 11.1 Å². The number of nitrogens with two attached hydrogens (primary N) is 2. The summed E-state index contributed by atoms with van der Waals surface area (Å²) in [5, 5.41) is 0. The lowest BCUT2D eigenvalue weighted by atomic mass is 10.1. The van der Waals surface area contributed by atoms with E-state index in [0.29, 0.717) is 12.1 Å². The molecule has 0 amide bonds. The lowest BCUT2D eigenvalue weighted by molar-refractivity contribution is -0.143. The first-order valence-electron chi connectivity index (χ1n) is 4.57. The maximum absolute atomic E-state index is 12.0. The minimum Gasteiger partial charge on any atom is -0.303 e. The van der Waals surface area contributed by atoms with E-state index in [4.69, 9.17) is 19.2 Å². The molecule has 13 heteroatoms. The van der Waals surface area contributed by atoms with Crippen molar-refractivity contribution in [2.24, 2.45) is 11.7 Å². The highest BCUT2D eigenvalue weighted by Crippen LogP contribution is 2.34. The third-order valence-electron chi connectivity index (χ3n) is 1.52. The Bertz CT molecular complexity index is 435. The van der Waals surface area contributed by atoms with Crippen LogP contribution in [-0.4, -0.2) is 14.7 Å². The van der Waals surface area contributed by atoms with Crippen LogP contribution in [-0.2, 0) is 16.9 Å². The predicted octanol–water partition coefficient (Wildman–Crippen LogP) is 1.61. The van der Waals surface area contributed by atoms with Crippen molar-refractivity contribution in [1.29, 1.82) is 0 Å². The van der Waals surface area contributed by atoms with Gasteiger partial charge in [0.15, 0.2) is 0 Å². The first-order valence-corrected chi connectivity index (χ1v) is 6.14. The van der Waals surface area contributed by atoms with E-state index in [0.717, 1.165) is 6.07 Å². The number of hydrazine groups is 1. The first-order chi connectivity index (χ1) is 9.21. The highest BCUT2D eigenvalue weighted by molar-refractivity contribution is 7.45. The second kappa shape index (κ2) is 8.32. The molecule has 7 N–H and O–H groups in total. The van der Waals surface area contributed by atoms with E-state index in [1.165, 1.54) is 0 Å². The van der Waals surface area contributed by atoms with Gasteiger partial charge in [-0.1, -0.05) is 6.07 Å². The third-order valence-corrected chi connectivity index (χ3v) is 1.52. The Hall–Kier alpha value is -1.17. The molecule has 0 fully saturated rings. The predicted molar refractivity (Wildman–Crippen MR) is 59.1 cm³/mol. The number of benzene rings is 1. The normalized spacial score (nSPS) is 11.8. The maximum Gasteiger partial charge on any atom is 0.466 e. The van der Waals surface area contributed by atoms with Gasteiger partial charge >= 0.3 is 20.2 Å². The molecule has 0 aliphatic heterocycles. The Kier molecular flexibility index (Phi) is 8.76. The van der Waals surface area contributed by atoms with Gasteiger partial charge in [0.1, 0.15) is 0 Å². The van der Waals surface area contributed by atoms with Crippen molar-refractivity contribution in [2.45, 2.75) is 12.4 Å². The van der Waals surface area contributed by atoms with Crippen LogP contribution in [0.3, 0.4) is 0 Å². The van der Waals surface area contributed by atoms with Gasteiger partial charge in [0.25, 0.3) is 0 Å². The van der Waals surface area contributed by atoms with Crippen LogP contribution in [0.4, 0.5) is 26.3 Å². The van der Waals surface area contributed by atoms with E-state index in [9.17, 15) is 26.3 Å². The molecule has 0 saturated heterocycles. The SMILES string of the molecule is FC(F)(F)c1cccc(C(F)(F)F)c1.NN.O=P(O)(O)O. The van der Waals surface area contributed by atoms with Gasteiger partial charge in [0, 0.05) is 0 Å². The molecule has 0 aliphatic rings. The van der Waals surface area contributed by atoms with Crippen LogP contribution < -0.4 is 11.7 Å². The molecule has 1 rings (SSSR count). The van der Waals surface area contributed by atoms with E-state index < -0.39 is 31.3 Å². The minimum atomic E-state index is -4.75. The fraction of sp³-hybridized carbons (Fsp3) is 0.250. The van der Waals surface area contributed by atoms with Crippen LogP contribution in [0, 0.1) is 0 Å². The number of hydrogen-bond acceptors (Lipinski definition) is 3. The highest BCUT2D eigenvalue weighted by atomic mass is 31.2. The summed E-state index contributed by atoms with van der Waals surface area (Å²) in [6, 6.07) is 2.00. The van der Waals surface area contributed by atoms with Gasteiger partial charge in [0.05, 0.1) is 11.1 Å². The monoisotopic (exact) mass is 344 g/mol. The zero-order valence-electron chi connectivity index (χ0n) is 9.93. The zero-order valence-corrected chi connectivity index (χ0v) is 10.8. The van der Waals surface area contributed by atoms with Crippen molar-refractivity contribution in [3.63, 3.8) is 0 Å². The molecule has 21 heavy (non-hydrogen) atoms. The molecule has 0 spiro atoms. The standard InChI is InChI=1S/C8H4F6.H4N2.H3O4P/c9-7(10,11)5-2-1-3-6(4-5)8(12,13)14;1-2;1-5(2,3)4/h1-4H;1-2H2;(H3,1,2,3,4). The lowest BCUT2D eigenvalue weighted by Gasteiger charge is -2.10. The summed E-state index contributed by atoms with van der Waals surface area (Å²) in [4.78, 5) is 21.6. The summed E-state index contributed by atoms with van der Waals surface area (Å²) < 4.78 is 80.8. The average molecular weight is 344 g/mol. The van der Waals surface area contributed by atoms with Crippen molar-refractivity contribution >= 4 is 7.82 Å². The molecule has 0 heterocycles. The summed E-state index contributed by atoms with van der Waals surface area (Å²) in [6.45, 7) is 0. The summed E-state index contributed by atoms with van der Waals surface area (Å²) in [5.74, 6) is 8.00. The number of phosphoric acid groups is 1. The summed E-state index contributed by atoms with van der Waals surface area (Å²) in [6.07, 6.45) is -9.50. The molecule has 0 radical (unpaired) electrons. The lowest BCUT2D eigenvalue weighted by Crippen LogP contribution is -2.09. The number of alkyl halides is 6. The van der Waals surface area contributed by atoms with Gasteiger partial charge in [-0.05, 0) is 18.2 Å². The highest BCUT2D eigenvalue weighted by Gasteiger charge is 2.35. The molecule has 0 aliphatic carbocycles. The summed E-state index contributed by atoms with van der Waals surface area (Å²) >= 11 is 0. The Morgan fingerprint density at radius 3 is 1.29 bits per heavy atom. The first kappa shape index (κ1) is 22.1. The topological polar surface area (TPSA) is 130 Å². The van der Waals surface area contributed by atoms with Crippen LogP contribution >= 0.6 is 7.82 Å². The number of halogens is 6. The summed E-state index contributed by atoms with van der Waals surface area (Å²) in [5.41, 5.74) is -2.60. The van der Waals surface area contributed by atoms with Crippen LogP contribution in [0.2, 0.25) is 0 Å². The quantitative estimate of drug-likeness (QED) is 0.210. The molecule has 1 aromatic carbocycles. The molecule has 0 saturated carbocycles. The second-order valence-corrected chi connectivity index (χ2v) is 4.12. The number of rotatable bonds is 0. The van der Waals surface area contributed by atoms with E-state index in [2.05, 4.69) is 11.7 Å². The van der Waals surface area contributed by atoms with E-state index in [1.54, 1.807) is 0 Å². The largest absolute Gasteiger partial charge is 0.466 e. The molecule has 1 aromatic rings. The molecule has 0 bridgehead atoms. The van der Waals surface area contributed by atoms with Gasteiger partial charge in [-0.3, -0.25) is 11.7 Å². The Morgan fingerprint density at radius 2 is 1.10 bits per heavy atom. The average Bonchev–Trinajstić information content (AvgIpc) is 2.27. The molecular formula is C8H11F6N2O4P. The fourth-order valence-electron chi connectivity index (χ4n) is 0.872. The van der Waals surface area contributed by atoms with Crippen LogP contribution in [0.25, 0.3) is 0 Å². The van der Waals surface area contributed by atoms with E-state index in [-0.39, 0.29) is 6.07 Å². The van der Waals surface area contributed by atoms with E-state index in [1.807, 2.05) is 0 Å². The van der Waals surface area contributed by atoms with Crippen molar-refractivity contribution in [3.05, 3.63) is 35.4 Å². The molecule has 0 aromatic heterocycles. The smallest absolute Gasteiger partial charge is 0.303 e. The fourth-order valence-corrected chi connectivity index (χ4v) is 0.872. The zero-order chi connectivity index (χ0) is 17.5. The van der Waals surface area contributed by atoms with Gasteiger partial charge < -0.3 is 14.7 Å². The van der Waals surface area contributed by atoms with Crippen molar-refractivity contribution in [3.8, 4) is 0 Å². The minimum absolute atomic E-state index is 0.0833. The molecular weight excluding hydrogens is 333 g/mol. The van der Waals surface area contributed by atoms with Gasteiger partial charge in [-0.25, -0.2) is 4.57 Å².